The number of hydrogen-bond donors (Lipinski definition) is 1. The van der Waals surface area contributed by atoms with E-state index in [1.165, 1.54) is 7.11 Å². The smallest absolute Gasteiger partial charge is 0.387 e. The van der Waals surface area contributed by atoms with E-state index < -0.39 is 6.61 Å². The molecule has 0 amide bonds. The van der Waals surface area contributed by atoms with Crippen molar-refractivity contribution in [1.82, 2.24) is 5.32 Å². The van der Waals surface area contributed by atoms with Crippen LogP contribution in [0.5, 0.6) is 11.5 Å². The van der Waals surface area contributed by atoms with Crippen molar-refractivity contribution in [2.45, 2.75) is 13.2 Å². The number of thioether (sulfide) groups is 1. The van der Waals surface area contributed by atoms with Crippen molar-refractivity contribution in [3.63, 3.8) is 0 Å². The summed E-state index contributed by atoms with van der Waals surface area (Å²) in [5, 5.41) is 3.19. The predicted molar refractivity (Wildman–Crippen MR) is 78.9 cm³/mol. The number of benzene rings is 1. The average molecular weight is 303 g/mol. The topological polar surface area (TPSA) is 30.5 Å². The molecule has 6 heteroatoms. The van der Waals surface area contributed by atoms with E-state index in [4.69, 9.17) is 4.74 Å². The zero-order valence-electron chi connectivity index (χ0n) is 11.4. The zero-order valence-corrected chi connectivity index (χ0v) is 12.2. The second kappa shape index (κ2) is 9.61. The van der Waals surface area contributed by atoms with Crippen molar-refractivity contribution < 1.29 is 18.3 Å². The lowest BCUT2D eigenvalue weighted by molar-refractivity contribution is -0.0518. The molecule has 0 aliphatic rings. The molecule has 0 aromatic heterocycles. The third-order valence-electron chi connectivity index (χ3n) is 2.46. The van der Waals surface area contributed by atoms with E-state index in [0.717, 1.165) is 18.1 Å². The zero-order chi connectivity index (χ0) is 14.8. The lowest BCUT2D eigenvalue weighted by Crippen LogP contribution is -2.18. The molecule has 1 rings (SSSR count). The molecule has 20 heavy (non-hydrogen) atoms. The van der Waals surface area contributed by atoms with Gasteiger partial charge in [-0.15, -0.1) is 6.58 Å². The molecule has 1 aromatic carbocycles. The van der Waals surface area contributed by atoms with E-state index in [1.54, 1.807) is 30.0 Å². The van der Waals surface area contributed by atoms with Crippen molar-refractivity contribution in [3.05, 3.63) is 36.4 Å². The standard InChI is InChI=1S/C14H19F2NO2S/c1-3-8-20-9-7-17-10-11-5-4-6-12(18-2)13(11)19-14(15)16/h3-6,14,17H,1,7-10H2,2H3. The molecule has 0 fully saturated rings. The predicted octanol–water partition coefficient (Wildman–Crippen LogP) is 3.31. The monoisotopic (exact) mass is 303 g/mol. The maximum absolute atomic E-state index is 12.4. The second-order valence-corrected chi connectivity index (χ2v) is 5.02. The highest BCUT2D eigenvalue weighted by atomic mass is 32.2. The molecule has 0 spiro atoms. The largest absolute Gasteiger partial charge is 0.493 e. The van der Waals surface area contributed by atoms with Crippen LogP contribution in [0.15, 0.2) is 30.9 Å². The molecule has 0 aliphatic carbocycles. The van der Waals surface area contributed by atoms with Crippen molar-refractivity contribution in [2.75, 3.05) is 25.2 Å². The lowest BCUT2D eigenvalue weighted by atomic mass is 10.2. The van der Waals surface area contributed by atoms with Gasteiger partial charge in [0.1, 0.15) is 0 Å². The first kappa shape index (κ1) is 16.8. The van der Waals surface area contributed by atoms with E-state index in [2.05, 4.69) is 16.6 Å². The molecule has 0 unspecified atom stereocenters. The van der Waals surface area contributed by atoms with Crippen molar-refractivity contribution in [2.24, 2.45) is 0 Å². The Morgan fingerprint density at radius 2 is 2.25 bits per heavy atom. The minimum absolute atomic E-state index is 0.0937. The normalized spacial score (nSPS) is 10.6. The van der Waals surface area contributed by atoms with Gasteiger partial charge in [0.2, 0.25) is 0 Å². The van der Waals surface area contributed by atoms with Gasteiger partial charge in [-0.2, -0.15) is 20.5 Å². The molecule has 0 saturated carbocycles. The Morgan fingerprint density at radius 1 is 1.45 bits per heavy atom. The van der Waals surface area contributed by atoms with Gasteiger partial charge in [-0.05, 0) is 6.07 Å². The van der Waals surface area contributed by atoms with Crippen LogP contribution in [0.2, 0.25) is 0 Å². The Bertz CT molecular complexity index is 416. The summed E-state index contributed by atoms with van der Waals surface area (Å²) in [5.41, 5.74) is 0.651. The summed E-state index contributed by atoms with van der Waals surface area (Å²) in [6.07, 6.45) is 1.85. The van der Waals surface area contributed by atoms with Crippen LogP contribution < -0.4 is 14.8 Å². The molecule has 3 nitrogen and oxygen atoms in total. The summed E-state index contributed by atoms with van der Waals surface area (Å²) in [7, 11) is 1.43. The average Bonchev–Trinajstić information content (AvgIpc) is 2.43. The van der Waals surface area contributed by atoms with Crippen molar-refractivity contribution in [3.8, 4) is 11.5 Å². The summed E-state index contributed by atoms with van der Waals surface area (Å²) in [5.74, 6) is 2.24. The second-order valence-electron chi connectivity index (χ2n) is 3.87. The van der Waals surface area contributed by atoms with Crippen LogP contribution in [0.1, 0.15) is 5.56 Å². The van der Waals surface area contributed by atoms with Crippen LogP contribution in [0.25, 0.3) is 0 Å². The third-order valence-corrected chi connectivity index (χ3v) is 3.43. The number of para-hydroxylation sites is 1. The van der Waals surface area contributed by atoms with Crippen LogP contribution in [-0.2, 0) is 6.54 Å². The first-order valence-corrected chi connectivity index (χ1v) is 7.34. The van der Waals surface area contributed by atoms with Gasteiger partial charge in [0.25, 0.3) is 0 Å². The summed E-state index contributed by atoms with van der Waals surface area (Å²) in [6.45, 7) is 2.01. The highest BCUT2D eigenvalue weighted by Crippen LogP contribution is 2.32. The molecule has 1 aromatic rings. The Balaban J connectivity index is 2.57. The SMILES string of the molecule is C=CCSCCNCc1cccc(OC)c1OC(F)F. The molecule has 0 saturated heterocycles. The highest BCUT2D eigenvalue weighted by molar-refractivity contribution is 7.99. The Morgan fingerprint density at radius 3 is 2.90 bits per heavy atom. The van der Waals surface area contributed by atoms with Crippen LogP contribution in [0.4, 0.5) is 8.78 Å². The van der Waals surface area contributed by atoms with Gasteiger partial charge in [0.15, 0.2) is 11.5 Å². The molecule has 0 atom stereocenters. The number of ether oxygens (including phenoxy) is 2. The first-order valence-electron chi connectivity index (χ1n) is 6.19. The number of methoxy groups -OCH3 is 1. The molecule has 0 aliphatic heterocycles. The van der Waals surface area contributed by atoms with Crippen LogP contribution in [0, 0.1) is 0 Å². The summed E-state index contributed by atoms with van der Waals surface area (Å²) in [4.78, 5) is 0. The molecular formula is C14H19F2NO2S. The third kappa shape index (κ3) is 5.79. The Hall–Kier alpha value is -1.27. The maximum atomic E-state index is 12.4. The minimum atomic E-state index is -2.87. The van der Waals surface area contributed by atoms with E-state index in [9.17, 15) is 8.78 Å². The van der Waals surface area contributed by atoms with Crippen molar-refractivity contribution in [1.29, 1.82) is 0 Å². The highest BCUT2D eigenvalue weighted by Gasteiger charge is 2.14. The van der Waals surface area contributed by atoms with E-state index >= 15 is 0 Å². The van der Waals surface area contributed by atoms with Gasteiger partial charge < -0.3 is 14.8 Å². The van der Waals surface area contributed by atoms with Crippen LogP contribution in [0.3, 0.4) is 0 Å². The summed E-state index contributed by atoms with van der Waals surface area (Å²) >= 11 is 1.75. The van der Waals surface area contributed by atoms with Gasteiger partial charge in [-0.3, -0.25) is 0 Å². The summed E-state index contributed by atoms with van der Waals surface area (Å²) < 4.78 is 34.5. The lowest BCUT2D eigenvalue weighted by Gasteiger charge is -2.14. The molecule has 112 valence electrons. The van der Waals surface area contributed by atoms with E-state index in [0.29, 0.717) is 17.9 Å². The quantitative estimate of drug-likeness (QED) is 0.531. The first-order chi connectivity index (χ1) is 9.69. The number of alkyl halides is 2. The van der Waals surface area contributed by atoms with E-state index in [-0.39, 0.29) is 5.75 Å². The number of halogens is 2. The van der Waals surface area contributed by atoms with Gasteiger partial charge in [0.05, 0.1) is 7.11 Å². The fourth-order valence-electron chi connectivity index (χ4n) is 1.62. The van der Waals surface area contributed by atoms with Crippen LogP contribution in [-0.4, -0.2) is 31.8 Å². The molecule has 1 N–H and O–H groups in total. The molecular weight excluding hydrogens is 284 g/mol. The Kier molecular flexibility index (Phi) is 8.06. The Labute approximate surface area is 122 Å². The van der Waals surface area contributed by atoms with Crippen LogP contribution >= 0.6 is 11.8 Å². The molecule has 0 radical (unpaired) electrons. The van der Waals surface area contributed by atoms with Gasteiger partial charge in [-0.25, -0.2) is 0 Å². The number of rotatable bonds is 10. The fourth-order valence-corrected chi connectivity index (χ4v) is 2.24. The molecule has 0 heterocycles. The fraction of sp³-hybridized carbons (Fsp3) is 0.429. The number of nitrogens with one attached hydrogen (secondary N) is 1. The van der Waals surface area contributed by atoms with Gasteiger partial charge in [-0.1, -0.05) is 18.2 Å². The molecule has 0 bridgehead atoms. The van der Waals surface area contributed by atoms with Crippen molar-refractivity contribution >= 4 is 11.8 Å². The van der Waals surface area contributed by atoms with E-state index in [1.807, 2.05) is 6.08 Å². The number of hydrogen-bond acceptors (Lipinski definition) is 4. The minimum Gasteiger partial charge on any atom is -0.493 e. The maximum Gasteiger partial charge on any atom is 0.387 e. The van der Waals surface area contributed by atoms with Gasteiger partial charge in [0, 0.05) is 30.2 Å². The summed E-state index contributed by atoms with van der Waals surface area (Å²) in [6, 6.07) is 5.09. The van der Waals surface area contributed by atoms with Gasteiger partial charge >= 0.3 is 6.61 Å².